The molecule has 0 unspecified atom stereocenters. The van der Waals surface area contributed by atoms with Gasteiger partial charge in [-0.05, 0) is 12.0 Å². The molecular weight excluding hydrogens is 252 g/mol. The molecule has 2 heterocycles. The molecule has 0 N–H and O–H groups in total. The van der Waals surface area contributed by atoms with E-state index in [-0.39, 0.29) is 12.1 Å². The Morgan fingerprint density at radius 2 is 1.75 bits per heavy atom. The highest BCUT2D eigenvalue weighted by atomic mass is 16.5. The highest BCUT2D eigenvalue weighted by Gasteiger charge is 2.26. The van der Waals surface area contributed by atoms with Crippen LogP contribution in [0.25, 0.3) is 0 Å². The molecule has 4 heteroatoms. The monoisotopic (exact) mass is 274 g/mol. The summed E-state index contributed by atoms with van der Waals surface area (Å²) in [6, 6.07) is 10.6. The van der Waals surface area contributed by atoms with Crippen molar-refractivity contribution in [3.05, 3.63) is 35.9 Å². The van der Waals surface area contributed by atoms with Crippen LogP contribution in [0.2, 0.25) is 0 Å². The molecule has 0 spiro atoms. The maximum atomic E-state index is 11.1. The summed E-state index contributed by atoms with van der Waals surface area (Å²) in [4.78, 5) is 16.0. The van der Waals surface area contributed by atoms with Gasteiger partial charge in [-0.1, -0.05) is 30.3 Å². The van der Waals surface area contributed by atoms with Crippen molar-refractivity contribution in [2.24, 2.45) is 0 Å². The standard InChI is InChI=1S/C16H22N2O2/c19-16-7-6-15(20-16)13-18-10-8-17(9-11-18)12-14-4-2-1-3-5-14/h1-5,15H,6-13H2/t15-/m0/s1. The molecule has 2 aliphatic rings. The second-order valence-electron chi connectivity index (χ2n) is 5.71. The molecule has 0 aromatic heterocycles. The third kappa shape index (κ3) is 3.58. The normalized spacial score (nSPS) is 24.8. The molecule has 1 aromatic rings. The van der Waals surface area contributed by atoms with Crippen LogP contribution in [0, 0.1) is 0 Å². The molecule has 1 atom stereocenters. The molecular formula is C16H22N2O2. The highest BCUT2D eigenvalue weighted by Crippen LogP contribution is 2.16. The zero-order chi connectivity index (χ0) is 13.8. The van der Waals surface area contributed by atoms with E-state index in [1.165, 1.54) is 5.56 Å². The zero-order valence-electron chi connectivity index (χ0n) is 11.8. The van der Waals surface area contributed by atoms with Gasteiger partial charge in [-0.2, -0.15) is 0 Å². The number of ether oxygens (including phenoxy) is 1. The first kappa shape index (κ1) is 13.6. The maximum absolute atomic E-state index is 11.1. The van der Waals surface area contributed by atoms with E-state index in [0.29, 0.717) is 6.42 Å². The van der Waals surface area contributed by atoms with E-state index >= 15 is 0 Å². The van der Waals surface area contributed by atoms with E-state index in [1.54, 1.807) is 0 Å². The Kier molecular flexibility index (Phi) is 4.33. The minimum atomic E-state index is -0.0299. The first-order valence-electron chi connectivity index (χ1n) is 7.48. The number of carbonyl (C=O) groups is 1. The van der Waals surface area contributed by atoms with Crippen LogP contribution in [0.5, 0.6) is 0 Å². The average Bonchev–Trinajstić information content (AvgIpc) is 2.88. The summed E-state index contributed by atoms with van der Waals surface area (Å²) in [5.41, 5.74) is 1.38. The van der Waals surface area contributed by atoms with Crippen molar-refractivity contribution in [1.29, 1.82) is 0 Å². The van der Waals surface area contributed by atoms with E-state index < -0.39 is 0 Å². The van der Waals surface area contributed by atoms with Gasteiger partial charge in [-0.25, -0.2) is 0 Å². The molecule has 20 heavy (non-hydrogen) atoms. The fourth-order valence-electron chi connectivity index (χ4n) is 2.97. The van der Waals surface area contributed by atoms with E-state index in [2.05, 4.69) is 40.1 Å². The molecule has 0 saturated carbocycles. The fourth-order valence-corrected chi connectivity index (χ4v) is 2.97. The van der Waals surface area contributed by atoms with Crippen molar-refractivity contribution >= 4 is 5.97 Å². The van der Waals surface area contributed by atoms with Gasteiger partial charge >= 0.3 is 5.97 Å². The van der Waals surface area contributed by atoms with Crippen LogP contribution in [-0.2, 0) is 16.1 Å². The van der Waals surface area contributed by atoms with Gasteiger partial charge in [0.05, 0.1) is 0 Å². The van der Waals surface area contributed by atoms with Crippen LogP contribution in [0.3, 0.4) is 0 Å². The largest absolute Gasteiger partial charge is 0.461 e. The molecule has 108 valence electrons. The number of nitrogens with zero attached hydrogens (tertiary/aromatic N) is 2. The van der Waals surface area contributed by atoms with E-state index in [9.17, 15) is 4.79 Å². The molecule has 2 saturated heterocycles. The van der Waals surface area contributed by atoms with Crippen molar-refractivity contribution in [2.45, 2.75) is 25.5 Å². The second kappa shape index (κ2) is 6.37. The molecule has 0 amide bonds. The Morgan fingerprint density at radius 1 is 1.05 bits per heavy atom. The molecule has 2 aliphatic heterocycles. The first-order chi connectivity index (χ1) is 9.79. The van der Waals surface area contributed by atoms with Gasteiger partial charge in [0.2, 0.25) is 0 Å². The summed E-state index contributed by atoms with van der Waals surface area (Å²) in [5.74, 6) is -0.0299. The minimum Gasteiger partial charge on any atom is -0.461 e. The van der Waals surface area contributed by atoms with Gasteiger partial charge in [0.25, 0.3) is 0 Å². The van der Waals surface area contributed by atoms with Gasteiger partial charge < -0.3 is 4.74 Å². The topological polar surface area (TPSA) is 32.8 Å². The predicted molar refractivity (Wildman–Crippen MR) is 77.3 cm³/mol. The summed E-state index contributed by atoms with van der Waals surface area (Å²) < 4.78 is 5.29. The molecule has 2 fully saturated rings. The Balaban J connectivity index is 1.42. The summed E-state index contributed by atoms with van der Waals surface area (Å²) in [6.45, 7) is 6.27. The van der Waals surface area contributed by atoms with Crippen LogP contribution < -0.4 is 0 Å². The van der Waals surface area contributed by atoms with Crippen molar-refractivity contribution in [1.82, 2.24) is 9.80 Å². The molecule has 0 aliphatic carbocycles. The Hall–Kier alpha value is -1.39. The fraction of sp³-hybridized carbons (Fsp3) is 0.562. The SMILES string of the molecule is O=C1CC[C@@H](CN2CCN(Cc3ccccc3)CC2)O1. The molecule has 4 nitrogen and oxygen atoms in total. The quantitative estimate of drug-likeness (QED) is 0.779. The number of benzene rings is 1. The lowest BCUT2D eigenvalue weighted by Gasteiger charge is -2.35. The number of carbonyl (C=O) groups excluding carboxylic acids is 1. The van der Waals surface area contributed by atoms with E-state index in [4.69, 9.17) is 4.74 Å². The van der Waals surface area contributed by atoms with Crippen LogP contribution in [0.1, 0.15) is 18.4 Å². The summed E-state index contributed by atoms with van der Waals surface area (Å²) >= 11 is 0. The van der Waals surface area contributed by atoms with Gasteiger partial charge in [0.15, 0.2) is 0 Å². The molecule has 0 radical (unpaired) electrons. The van der Waals surface area contributed by atoms with Crippen LogP contribution in [-0.4, -0.2) is 54.6 Å². The van der Waals surface area contributed by atoms with Crippen LogP contribution >= 0.6 is 0 Å². The Morgan fingerprint density at radius 3 is 2.40 bits per heavy atom. The Bertz CT molecular complexity index is 441. The third-order valence-corrected chi connectivity index (χ3v) is 4.14. The number of rotatable bonds is 4. The lowest BCUT2D eigenvalue weighted by Crippen LogP contribution is -2.48. The number of piperazine rings is 1. The van der Waals surface area contributed by atoms with Gasteiger partial charge in [-0.3, -0.25) is 14.6 Å². The number of cyclic esters (lactones) is 1. The average molecular weight is 274 g/mol. The molecule has 0 bridgehead atoms. The highest BCUT2D eigenvalue weighted by molar-refractivity contribution is 5.71. The lowest BCUT2D eigenvalue weighted by molar-refractivity contribution is -0.142. The minimum absolute atomic E-state index is 0.0299. The van der Waals surface area contributed by atoms with Crippen molar-refractivity contribution < 1.29 is 9.53 Å². The molecule has 1 aromatic carbocycles. The second-order valence-corrected chi connectivity index (χ2v) is 5.71. The number of hydrogen-bond donors (Lipinski definition) is 0. The summed E-state index contributed by atoms with van der Waals surface area (Å²) in [5, 5.41) is 0. The molecule has 3 rings (SSSR count). The lowest BCUT2D eigenvalue weighted by atomic mass is 10.2. The van der Waals surface area contributed by atoms with E-state index in [1.807, 2.05) is 0 Å². The van der Waals surface area contributed by atoms with Crippen molar-refractivity contribution in [2.75, 3.05) is 32.7 Å². The van der Waals surface area contributed by atoms with Crippen molar-refractivity contribution in [3.8, 4) is 0 Å². The predicted octanol–water partition coefficient (Wildman–Crippen LogP) is 1.51. The van der Waals surface area contributed by atoms with Crippen molar-refractivity contribution in [3.63, 3.8) is 0 Å². The Labute approximate surface area is 120 Å². The van der Waals surface area contributed by atoms with Crippen LogP contribution in [0.4, 0.5) is 0 Å². The van der Waals surface area contributed by atoms with Gasteiger partial charge in [0, 0.05) is 45.7 Å². The number of hydrogen-bond acceptors (Lipinski definition) is 4. The number of esters is 1. The van der Waals surface area contributed by atoms with Gasteiger partial charge in [0.1, 0.15) is 6.10 Å². The summed E-state index contributed by atoms with van der Waals surface area (Å²) in [7, 11) is 0. The smallest absolute Gasteiger partial charge is 0.306 e. The zero-order valence-corrected chi connectivity index (χ0v) is 11.8. The first-order valence-corrected chi connectivity index (χ1v) is 7.48. The maximum Gasteiger partial charge on any atom is 0.306 e. The van der Waals surface area contributed by atoms with Gasteiger partial charge in [-0.15, -0.1) is 0 Å². The van der Waals surface area contributed by atoms with E-state index in [0.717, 1.165) is 45.7 Å². The summed E-state index contributed by atoms with van der Waals surface area (Å²) in [6.07, 6.45) is 1.62. The van der Waals surface area contributed by atoms with Crippen LogP contribution in [0.15, 0.2) is 30.3 Å². The third-order valence-electron chi connectivity index (χ3n) is 4.14.